The van der Waals surface area contributed by atoms with E-state index in [-0.39, 0.29) is 16.9 Å². The van der Waals surface area contributed by atoms with Crippen molar-refractivity contribution in [2.75, 3.05) is 18.4 Å². The molecule has 2 N–H and O–H groups in total. The molecule has 0 unspecified atom stereocenters. The highest BCUT2D eigenvalue weighted by Crippen LogP contribution is 2.21. The van der Waals surface area contributed by atoms with Crippen molar-refractivity contribution in [3.8, 4) is 0 Å². The van der Waals surface area contributed by atoms with Crippen LogP contribution in [-0.4, -0.2) is 34.9 Å². The summed E-state index contributed by atoms with van der Waals surface area (Å²) in [5.74, 6) is -0.354. The second kappa shape index (κ2) is 10.2. The summed E-state index contributed by atoms with van der Waals surface area (Å²) in [7, 11) is 0. The zero-order valence-corrected chi connectivity index (χ0v) is 18.5. The number of carbonyl (C=O) groups is 2. The number of amides is 2. The van der Waals surface area contributed by atoms with E-state index in [1.165, 1.54) is 6.08 Å². The first-order valence-corrected chi connectivity index (χ1v) is 11.2. The standard InChI is InChI=1S/C26H25N3O2S/c30-24(16-15-20-11-8-10-19-9-2-3-12-21(19)20)28-26(32)27-23-14-5-4-13-22(23)25(31)29-17-6-1-7-18-29/h2-5,8-16H,1,6-7,17-18H2,(H2,27,28,30,32). The van der Waals surface area contributed by atoms with E-state index >= 15 is 0 Å². The average molecular weight is 444 g/mol. The van der Waals surface area contributed by atoms with E-state index in [0.29, 0.717) is 11.3 Å². The molecule has 0 saturated carbocycles. The Morgan fingerprint density at radius 1 is 0.875 bits per heavy atom. The van der Waals surface area contributed by atoms with E-state index in [2.05, 4.69) is 10.6 Å². The van der Waals surface area contributed by atoms with Crippen LogP contribution in [0.2, 0.25) is 0 Å². The number of hydrogen-bond donors (Lipinski definition) is 2. The lowest BCUT2D eigenvalue weighted by molar-refractivity contribution is -0.115. The predicted molar refractivity (Wildman–Crippen MR) is 134 cm³/mol. The number of carbonyl (C=O) groups excluding carboxylic acids is 2. The normalized spacial score (nSPS) is 13.8. The van der Waals surface area contributed by atoms with Crippen molar-refractivity contribution in [3.05, 3.63) is 83.9 Å². The lowest BCUT2D eigenvalue weighted by atomic mass is 10.0. The molecule has 1 fully saturated rings. The number of thiocarbonyl (C=S) groups is 1. The molecular weight excluding hydrogens is 418 g/mol. The van der Waals surface area contributed by atoms with Gasteiger partial charge >= 0.3 is 0 Å². The second-order valence-electron chi connectivity index (χ2n) is 7.74. The van der Waals surface area contributed by atoms with Crippen LogP contribution in [0.25, 0.3) is 16.8 Å². The number of nitrogens with one attached hydrogen (secondary N) is 2. The highest BCUT2D eigenvalue weighted by atomic mass is 32.1. The molecule has 0 aromatic heterocycles. The molecule has 6 heteroatoms. The van der Waals surface area contributed by atoms with Crippen LogP contribution in [0, 0.1) is 0 Å². The lowest BCUT2D eigenvalue weighted by Gasteiger charge is -2.27. The van der Waals surface area contributed by atoms with Gasteiger partial charge in [0.15, 0.2) is 5.11 Å². The average Bonchev–Trinajstić information content (AvgIpc) is 2.83. The Balaban J connectivity index is 1.41. The Bertz CT molecular complexity index is 1180. The van der Waals surface area contributed by atoms with Crippen LogP contribution in [0.15, 0.2) is 72.8 Å². The number of hydrogen-bond acceptors (Lipinski definition) is 3. The SMILES string of the molecule is O=C(C=Cc1cccc2ccccc12)NC(=S)Nc1ccccc1C(=O)N1CCCCC1. The number of nitrogens with zero attached hydrogens (tertiary/aromatic N) is 1. The zero-order chi connectivity index (χ0) is 22.3. The van der Waals surface area contributed by atoms with Crippen molar-refractivity contribution in [2.45, 2.75) is 19.3 Å². The number of piperidine rings is 1. The van der Waals surface area contributed by atoms with Gasteiger partial charge in [0.2, 0.25) is 5.91 Å². The smallest absolute Gasteiger partial charge is 0.255 e. The predicted octanol–water partition coefficient (Wildman–Crippen LogP) is 4.99. The van der Waals surface area contributed by atoms with Gasteiger partial charge in [-0.2, -0.15) is 0 Å². The van der Waals surface area contributed by atoms with Crippen molar-refractivity contribution >= 4 is 51.7 Å². The molecule has 0 bridgehead atoms. The molecule has 1 aliphatic heterocycles. The van der Waals surface area contributed by atoms with Gasteiger partial charge in [-0.05, 0) is 66.0 Å². The zero-order valence-electron chi connectivity index (χ0n) is 17.7. The third-order valence-corrected chi connectivity index (χ3v) is 5.73. The molecule has 1 aliphatic rings. The van der Waals surface area contributed by atoms with E-state index in [0.717, 1.165) is 48.7 Å². The molecule has 162 valence electrons. The van der Waals surface area contributed by atoms with Gasteiger partial charge in [0.25, 0.3) is 5.91 Å². The summed E-state index contributed by atoms with van der Waals surface area (Å²) < 4.78 is 0. The second-order valence-corrected chi connectivity index (χ2v) is 8.15. The molecule has 0 spiro atoms. The van der Waals surface area contributed by atoms with E-state index in [4.69, 9.17) is 12.2 Å². The van der Waals surface area contributed by atoms with E-state index in [9.17, 15) is 9.59 Å². The number of benzene rings is 3. The van der Waals surface area contributed by atoms with Crippen LogP contribution in [0.4, 0.5) is 5.69 Å². The summed E-state index contributed by atoms with van der Waals surface area (Å²) in [6, 6.07) is 21.2. The fraction of sp³-hybridized carbons (Fsp3) is 0.192. The number of anilines is 1. The van der Waals surface area contributed by atoms with Crippen LogP contribution < -0.4 is 10.6 Å². The largest absolute Gasteiger partial charge is 0.339 e. The maximum atomic E-state index is 12.9. The number of para-hydroxylation sites is 1. The Labute approximate surface area is 193 Å². The summed E-state index contributed by atoms with van der Waals surface area (Å²) in [4.78, 5) is 27.2. The van der Waals surface area contributed by atoms with E-state index in [1.807, 2.05) is 59.5 Å². The van der Waals surface area contributed by atoms with Gasteiger partial charge in [-0.3, -0.25) is 14.9 Å². The molecule has 2 amide bonds. The highest BCUT2D eigenvalue weighted by molar-refractivity contribution is 7.80. The minimum atomic E-state index is -0.338. The van der Waals surface area contributed by atoms with Crippen LogP contribution >= 0.6 is 12.2 Å². The van der Waals surface area contributed by atoms with Crippen molar-refractivity contribution in [1.82, 2.24) is 10.2 Å². The Hall–Kier alpha value is -3.51. The topological polar surface area (TPSA) is 61.4 Å². The molecule has 0 atom stereocenters. The Morgan fingerprint density at radius 3 is 2.44 bits per heavy atom. The van der Waals surface area contributed by atoms with Crippen molar-refractivity contribution in [1.29, 1.82) is 0 Å². The molecule has 4 rings (SSSR count). The fourth-order valence-electron chi connectivity index (χ4n) is 3.91. The summed E-state index contributed by atoms with van der Waals surface area (Å²) in [5.41, 5.74) is 2.10. The fourth-order valence-corrected chi connectivity index (χ4v) is 4.12. The van der Waals surface area contributed by atoms with Crippen LogP contribution in [0.3, 0.4) is 0 Å². The molecule has 0 aliphatic carbocycles. The summed E-state index contributed by atoms with van der Waals surface area (Å²) in [6.07, 6.45) is 6.44. The van der Waals surface area contributed by atoms with Crippen molar-refractivity contribution in [2.24, 2.45) is 0 Å². The highest BCUT2D eigenvalue weighted by Gasteiger charge is 2.20. The first-order valence-electron chi connectivity index (χ1n) is 10.8. The number of likely N-dealkylation sites (tertiary alicyclic amines) is 1. The summed E-state index contributed by atoms with van der Waals surface area (Å²) in [5, 5.41) is 8.01. The van der Waals surface area contributed by atoms with Gasteiger partial charge in [0.1, 0.15) is 0 Å². The van der Waals surface area contributed by atoms with Gasteiger partial charge in [-0.25, -0.2) is 0 Å². The molecule has 1 heterocycles. The van der Waals surface area contributed by atoms with Gasteiger partial charge in [-0.15, -0.1) is 0 Å². The minimum Gasteiger partial charge on any atom is -0.339 e. The third-order valence-electron chi connectivity index (χ3n) is 5.52. The monoisotopic (exact) mass is 443 g/mol. The third kappa shape index (κ3) is 5.21. The van der Waals surface area contributed by atoms with E-state index < -0.39 is 0 Å². The lowest BCUT2D eigenvalue weighted by Crippen LogP contribution is -2.37. The van der Waals surface area contributed by atoms with Crippen molar-refractivity contribution < 1.29 is 9.59 Å². The molecule has 5 nitrogen and oxygen atoms in total. The van der Waals surface area contributed by atoms with Gasteiger partial charge in [0, 0.05) is 19.2 Å². The van der Waals surface area contributed by atoms with Crippen LogP contribution in [0.1, 0.15) is 35.2 Å². The van der Waals surface area contributed by atoms with Gasteiger partial charge < -0.3 is 10.2 Å². The quantitative estimate of drug-likeness (QED) is 0.440. The minimum absolute atomic E-state index is 0.0159. The van der Waals surface area contributed by atoms with Gasteiger partial charge in [-0.1, -0.05) is 54.6 Å². The Morgan fingerprint density at radius 2 is 1.59 bits per heavy atom. The maximum Gasteiger partial charge on any atom is 0.255 e. The molecule has 0 radical (unpaired) electrons. The molecule has 3 aromatic carbocycles. The van der Waals surface area contributed by atoms with Crippen molar-refractivity contribution in [3.63, 3.8) is 0 Å². The first kappa shape index (κ1) is 21.7. The van der Waals surface area contributed by atoms with Gasteiger partial charge in [0.05, 0.1) is 11.3 Å². The van der Waals surface area contributed by atoms with Crippen LogP contribution in [0.5, 0.6) is 0 Å². The molecule has 32 heavy (non-hydrogen) atoms. The molecular formula is C26H25N3O2S. The molecule has 1 saturated heterocycles. The number of fused-ring (bicyclic) bond motifs is 1. The summed E-state index contributed by atoms with van der Waals surface area (Å²) >= 11 is 5.32. The van der Waals surface area contributed by atoms with Crippen LogP contribution in [-0.2, 0) is 4.79 Å². The summed E-state index contributed by atoms with van der Waals surface area (Å²) in [6.45, 7) is 1.54. The Kier molecular flexibility index (Phi) is 6.92. The maximum absolute atomic E-state index is 12.9. The molecule has 3 aromatic rings. The number of rotatable bonds is 4. The first-order chi connectivity index (χ1) is 15.6. The van der Waals surface area contributed by atoms with E-state index in [1.54, 1.807) is 18.2 Å².